The minimum absolute atomic E-state index is 0.205. The molecule has 1 aliphatic heterocycles. The highest BCUT2D eigenvalue weighted by molar-refractivity contribution is 7.13. The van der Waals surface area contributed by atoms with Crippen LogP contribution in [0.15, 0.2) is 78.4 Å². The van der Waals surface area contributed by atoms with Crippen molar-refractivity contribution in [2.45, 2.75) is 12.8 Å². The molecule has 0 radical (unpaired) electrons. The van der Waals surface area contributed by atoms with E-state index in [1.54, 1.807) is 29.3 Å². The number of fused-ring (bicyclic) bond motifs is 4. The van der Waals surface area contributed by atoms with Gasteiger partial charge >= 0.3 is 0 Å². The molecule has 7 rings (SSSR count). The van der Waals surface area contributed by atoms with Gasteiger partial charge in [-0.2, -0.15) is 5.10 Å². The van der Waals surface area contributed by atoms with Gasteiger partial charge in [-0.05, 0) is 48.2 Å². The number of rotatable bonds is 4. The van der Waals surface area contributed by atoms with Crippen molar-refractivity contribution in [2.24, 2.45) is 0 Å². The maximum absolute atomic E-state index is 6.47. The van der Waals surface area contributed by atoms with Gasteiger partial charge in [-0.1, -0.05) is 36.4 Å². The van der Waals surface area contributed by atoms with Crippen LogP contribution in [0.2, 0.25) is 0 Å². The summed E-state index contributed by atoms with van der Waals surface area (Å²) in [4.78, 5) is 10.6. The number of hydrogen-bond acceptors (Lipinski definition) is 7. The Morgan fingerprint density at radius 1 is 0.944 bits per heavy atom. The van der Waals surface area contributed by atoms with Crippen LogP contribution in [-0.4, -0.2) is 36.5 Å². The fourth-order valence-corrected chi connectivity index (χ4v) is 5.42. The van der Waals surface area contributed by atoms with E-state index in [0.717, 1.165) is 38.7 Å². The minimum Gasteiger partial charge on any atom is -0.497 e. The quantitative estimate of drug-likeness (QED) is 0.316. The van der Waals surface area contributed by atoms with Gasteiger partial charge < -0.3 is 9.47 Å². The molecule has 0 aliphatic carbocycles. The van der Waals surface area contributed by atoms with E-state index in [0.29, 0.717) is 23.2 Å². The molecule has 1 aliphatic rings. The van der Waals surface area contributed by atoms with E-state index < -0.39 is 0 Å². The summed E-state index contributed by atoms with van der Waals surface area (Å²) in [6, 6.07) is 22.1. The Labute approximate surface area is 210 Å². The molecule has 0 saturated heterocycles. The molecular weight excluding hydrogens is 472 g/mol. The van der Waals surface area contributed by atoms with Gasteiger partial charge in [-0.25, -0.2) is 19.2 Å². The lowest BCUT2D eigenvalue weighted by molar-refractivity contribution is 0.402. The summed E-state index contributed by atoms with van der Waals surface area (Å²) in [6.07, 6.45) is 1.66. The number of thiophene rings is 1. The maximum atomic E-state index is 6.47. The summed E-state index contributed by atoms with van der Waals surface area (Å²) in [5.41, 5.74) is 5.41. The van der Waals surface area contributed by atoms with Crippen molar-refractivity contribution in [3.05, 3.63) is 101 Å². The average Bonchev–Trinajstić information content (AvgIpc) is 3.67. The summed E-state index contributed by atoms with van der Waals surface area (Å²) >= 11 is 1.60. The summed E-state index contributed by atoms with van der Waals surface area (Å²) in [5.74, 6) is 2.40. The summed E-state index contributed by atoms with van der Waals surface area (Å²) in [6.45, 7) is 2.01. The SMILES string of the molecule is COc1ccc(C2c3c(C)nn(-c4ccccc4)c3Oc3ncn4nc(-c5cccs5)nc4c32)cc1. The topological polar surface area (TPSA) is 79.4 Å². The van der Waals surface area contributed by atoms with Gasteiger partial charge in [-0.3, -0.25) is 0 Å². The molecule has 1 unspecified atom stereocenters. The monoisotopic (exact) mass is 492 g/mol. The number of hydrogen-bond donors (Lipinski definition) is 0. The zero-order valence-electron chi connectivity index (χ0n) is 19.5. The van der Waals surface area contributed by atoms with Gasteiger partial charge in [0.1, 0.15) is 12.1 Å². The van der Waals surface area contributed by atoms with Gasteiger partial charge in [0, 0.05) is 0 Å². The molecule has 1 atom stereocenters. The number of benzene rings is 2. The first-order valence-corrected chi connectivity index (χ1v) is 12.3. The normalized spacial score (nSPS) is 14.3. The van der Waals surface area contributed by atoms with Crippen molar-refractivity contribution >= 4 is 17.0 Å². The van der Waals surface area contributed by atoms with Crippen LogP contribution in [0.1, 0.15) is 28.3 Å². The molecule has 0 N–H and O–H groups in total. The molecule has 8 nitrogen and oxygen atoms in total. The Morgan fingerprint density at radius 3 is 2.53 bits per heavy atom. The molecule has 0 fully saturated rings. The standard InChI is InChI=1S/C27H20N6O2S/c1-16-21-22(17-10-12-19(34-2)13-11-17)23-25-29-24(20-9-6-14-36-20)31-32(25)15-28-26(23)35-27(21)33(30-16)18-7-4-3-5-8-18/h3-15,22H,1-2H3. The largest absolute Gasteiger partial charge is 0.497 e. The van der Waals surface area contributed by atoms with E-state index in [-0.39, 0.29) is 5.92 Å². The van der Waals surface area contributed by atoms with Gasteiger partial charge in [-0.15, -0.1) is 16.4 Å². The lowest BCUT2D eigenvalue weighted by Crippen LogP contribution is -2.16. The Bertz CT molecular complexity index is 1710. The highest BCUT2D eigenvalue weighted by Crippen LogP contribution is 2.50. The number of methoxy groups -OCH3 is 1. The highest BCUT2D eigenvalue weighted by Gasteiger charge is 2.38. The summed E-state index contributed by atoms with van der Waals surface area (Å²) < 4.78 is 15.5. The minimum atomic E-state index is -0.205. The molecule has 0 saturated carbocycles. The highest BCUT2D eigenvalue weighted by atomic mass is 32.1. The van der Waals surface area contributed by atoms with E-state index in [4.69, 9.17) is 24.7 Å². The number of para-hydroxylation sites is 1. The molecule has 36 heavy (non-hydrogen) atoms. The zero-order valence-corrected chi connectivity index (χ0v) is 20.3. The van der Waals surface area contributed by atoms with Crippen molar-refractivity contribution in [1.82, 2.24) is 29.4 Å². The molecule has 176 valence electrons. The van der Waals surface area contributed by atoms with Gasteiger partial charge in [0.2, 0.25) is 11.8 Å². The van der Waals surface area contributed by atoms with Crippen LogP contribution in [0.25, 0.3) is 22.0 Å². The van der Waals surface area contributed by atoms with E-state index in [1.807, 2.05) is 71.6 Å². The lowest BCUT2D eigenvalue weighted by Gasteiger charge is -2.26. The number of aryl methyl sites for hydroxylation is 1. The van der Waals surface area contributed by atoms with Crippen LogP contribution in [0, 0.1) is 6.92 Å². The van der Waals surface area contributed by atoms with E-state index in [1.165, 1.54) is 0 Å². The molecule has 0 amide bonds. The second-order valence-electron chi connectivity index (χ2n) is 8.50. The molecular formula is C27H20N6O2S. The lowest BCUT2D eigenvalue weighted by atomic mass is 9.84. The third kappa shape index (κ3) is 3.13. The number of ether oxygens (including phenoxy) is 2. The summed E-state index contributed by atoms with van der Waals surface area (Å²) in [5, 5.41) is 11.6. The van der Waals surface area contributed by atoms with Crippen LogP contribution < -0.4 is 9.47 Å². The maximum Gasteiger partial charge on any atom is 0.230 e. The van der Waals surface area contributed by atoms with E-state index >= 15 is 0 Å². The fourth-order valence-electron chi connectivity index (χ4n) is 4.76. The first-order valence-electron chi connectivity index (χ1n) is 11.5. The molecule has 0 bridgehead atoms. The van der Waals surface area contributed by atoms with Gasteiger partial charge in [0.05, 0.1) is 40.4 Å². The van der Waals surface area contributed by atoms with Gasteiger partial charge in [0.15, 0.2) is 11.5 Å². The average molecular weight is 493 g/mol. The Hall–Kier alpha value is -4.50. The Kier molecular flexibility index (Phi) is 4.65. The van der Waals surface area contributed by atoms with Crippen molar-refractivity contribution in [3.8, 4) is 33.9 Å². The smallest absolute Gasteiger partial charge is 0.230 e. The molecule has 9 heteroatoms. The first-order chi connectivity index (χ1) is 17.7. The second-order valence-corrected chi connectivity index (χ2v) is 9.45. The molecule has 4 aromatic heterocycles. The number of aromatic nitrogens is 6. The predicted molar refractivity (Wildman–Crippen MR) is 136 cm³/mol. The van der Waals surface area contributed by atoms with E-state index in [9.17, 15) is 0 Å². The zero-order chi connectivity index (χ0) is 24.2. The van der Waals surface area contributed by atoms with Crippen LogP contribution in [0.3, 0.4) is 0 Å². The van der Waals surface area contributed by atoms with E-state index in [2.05, 4.69) is 17.1 Å². The van der Waals surface area contributed by atoms with Crippen LogP contribution >= 0.6 is 11.3 Å². The van der Waals surface area contributed by atoms with Crippen molar-refractivity contribution in [3.63, 3.8) is 0 Å². The molecule has 5 heterocycles. The van der Waals surface area contributed by atoms with Crippen molar-refractivity contribution in [1.29, 1.82) is 0 Å². The molecule has 6 aromatic rings. The summed E-state index contributed by atoms with van der Waals surface area (Å²) in [7, 11) is 1.67. The van der Waals surface area contributed by atoms with Crippen LogP contribution in [0.5, 0.6) is 17.5 Å². The third-order valence-electron chi connectivity index (χ3n) is 6.41. The Balaban J connectivity index is 1.49. The van der Waals surface area contributed by atoms with Gasteiger partial charge in [0.25, 0.3) is 0 Å². The Morgan fingerprint density at radius 2 is 1.78 bits per heavy atom. The van der Waals surface area contributed by atoms with Crippen LogP contribution in [0.4, 0.5) is 0 Å². The third-order valence-corrected chi connectivity index (χ3v) is 7.28. The molecule has 0 spiro atoms. The second kappa shape index (κ2) is 8.03. The first kappa shape index (κ1) is 20.8. The van der Waals surface area contributed by atoms with Crippen molar-refractivity contribution in [2.75, 3.05) is 7.11 Å². The fraction of sp³-hybridized carbons (Fsp3) is 0.111. The predicted octanol–water partition coefficient (Wildman–Crippen LogP) is 5.64. The van der Waals surface area contributed by atoms with Crippen molar-refractivity contribution < 1.29 is 9.47 Å². The molecule has 2 aromatic carbocycles. The van der Waals surface area contributed by atoms with Crippen LogP contribution in [-0.2, 0) is 0 Å². The number of nitrogens with zero attached hydrogens (tertiary/aromatic N) is 6.